The number of nitrogens with zero attached hydrogens (tertiary/aromatic N) is 4. The number of β-amino-alcohol motifs (C(OH)–C–C–N with tert-alkyl or cyclic N) is 1. The summed E-state index contributed by atoms with van der Waals surface area (Å²) in [5.74, 6) is 0.00793. The van der Waals surface area contributed by atoms with Crippen molar-refractivity contribution in [2.45, 2.75) is 38.7 Å². The van der Waals surface area contributed by atoms with Crippen molar-refractivity contribution in [1.29, 1.82) is 0 Å². The van der Waals surface area contributed by atoms with E-state index < -0.39 is 5.82 Å². The fourth-order valence-electron chi connectivity index (χ4n) is 4.14. The first-order valence-corrected chi connectivity index (χ1v) is 12.4. The van der Waals surface area contributed by atoms with Gasteiger partial charge in [-0.3, -0.25) is 9.78 Å². The summed E-state index contributed by atoms with van der Waals surface area (Å²) in [6.07, 6.45) is 6.07. The molecule has 0 saturated carbocycles. The van der Waals surface area contributed by atoms with E-state index in [4.69, 9.17) is 11.6 Å². The molecule has 3 aromatic rings. The molecule has 3 heterocycles. The molecule has 1 saturated heterocycles. The number of rotatable bonds is 9. The molecule has 1 aliphatic heterocycles. The molecule has 0 aliphatic carbocycles. The molecule has 1 atom stereocenters. The first-order valence-electron chi connectivity index (χ1n) is 12.0. The number of benzene rings is 1. The third-order valence-electron chi connectivity index (χ3n) is 6.11. The smallest absolute Gasteiger partial charge is 0.254 e. The van der Waals surface area contributed by atoms with Crippen molar-refractivity contribution in [3.8, 4) is 11.4 Å². The van der Waals surface area contributed by atoms with Crippen LogP contribution in [-0.4, -0.2) is 63.1 Å². The highest BCUT2D eigenvalue weighted by atomic mass is 35.5. The van der Waals surface area contributed by atoms with E-state index in [1.165, 1.54) is 24.4 Å². The van der Waals surface area contributed by atoms with E-state index in [0.717, 1.165) is 31.5 Å². The quantitative estimate of drug-likeness (QED) is 0.365. The standard InChI is InChI=1S/C26H30ClFN6O2/c1-16(2)20-14-31-24(19-12-17(27)4-5-22(19)28)33-25(20)32-23-6-9-29-13-21(23)26(36)30-8-3-10-34-11-7-18(35)15-34/h4-6,9,12-14,16,18,35H,3,7-8,10-11,15H2,1-2H3,(H,30,36)(H,29,31,32,33)/t18-/m1/s1. The number of aliphatic hydroxyl groups excluding tert-OH is 1. The van der Waals surface area contributed by atoms with Crippen molar-refractivity contribution in [3.63, 3.8) is 0 Å². The van der Waals surface area contributed by atoms with Gasteiger partial charge in [-0.05, 0) is 49.6 Å². The van der Waals surface area contributed by atoms with Crippen LogP contribution in [0.2, 0.25) is 5.02 Å². The minimum absolute atomic E-state index is 0.0778. The topological polar surface area (TPSA) is 103 Å². The molecule has 1 fully saturated rings. The van der Waals surface area contributed by atoms with Crippen molar-refractivity contribution in [3.05, 3.63) is 64.8 Å². The van der Waals surface area contributed by atoms with Crippen molar-refractivity contribution >= 4 is 29.0 Å². The van der Waals surface area contributed by atoms with Crippen LogP contribution in [0.1, 0.15) is 48.5 Å². The summed E-state index contributed by atoms with van der Waals surface area (Å²) in [7, 11) is 0. The van der Waals surface area contributed by atoms with Gasteiger partial charge in [-0.1, -0.05) is 25.4 Å². The zero-order valence-electron chi connectivity index (χ0n) is 20.3. The molecule has 2 aromatic heterocycles. The van der Waals surface area contributed by atoms with Crippen LogP contribution < -0.4 is 10.6 Å². The molecule has 1 amide bonds. The van der Waals surface area contributed by atoms with Crippen LogP contribution in [0.4, 0.5) is 15.9 Å². The van der Waals surface area contributed by atoms with E-state index in [1.807, 2.05) is 13.8 Å². The van der Waals surface area contributed by atoms with Gasteiger partial charge in [0.25, 0.3) is 5.91 Å². The van der Waals surface area contributed by atoms with Gasteiger partial charge in [-0.2, -0.15) is 0 Å². The first-order chi connectivity index (χ1) is 17.3. The van der Waals surface area contributed by atoms with Gasteiger partial charge in [0.2, 0.25) is 0 Å². The maximum atomic E-state index is 14.5. The fourth-order valence-corrected chi connectivity index (χ4v) is 4.31. The average Bonchev–Trinajstić information content (AvgIpc) is 3.28. The molecule has 36 heavy (non-hydrogen) atoms. The lowest BCUT2D eigenvalue weighted by molar-refractivity contribution is 0.0952. The summed E-state index contributed by atoms with van der Waals surface area (Å²) in [6.45, 7) is 6.89. The highest BCUT2D eigenvalue weighted by Crippen LogP contribution is 2.30. The van der Waals surface area contributed by atoms with E-state index in [1.54, 1.807) is 18.5 Å². The molecule has 1 aliphatic rings. The van der Waals surface area contributed by atoms with Gasteiger partial charge in [0, 0.05) is 48.8 Å². The Morgan fingerprint density at radius 3 is 2.89 bits per heavy atom. The highest BCUT2D eigenvalue weighted by Gasteiger charge is 2.20. The monoisotopic (exact) mass is 512 g/mol. The average molecular weight is 513 g/mol. The number of anilines is 2. The van der Waals surface area contributed by atoms with E-state index in [9.17, 15) is 14.3 Å². The molecular weight excluding hydrogens is 483 g/mol. The zero-order valence-corrected chi connectivity index (χ0v) is 21.1. The van der Waals surface area contributed by atoms with Crippen LogP contribution in [0.25, 0.3) is 11.4 Å². The number of carbonyl (C=O) groups is 1. The first kappa shape index (κ1) is 25.9. The highest BCUT2D eigenvalue weighted by molar-refractivity contribution is 6.30. The number of hydrogen-bond donors (Lipinski definition) is 3. The van der Waals surface area contributed by atoms with E-state index >= 15 is 0 Å². The molecular formula is C26H30ClFN6O2. The Balaban J connectivity index is 1.51. The van der Waals surface area contributed by atoms with Crippen molar-refractivity contribution < 1.29 is 14.3 Å². The van der Waals surface area contributed by atoms with Gasteiger partial charge < -0.3 is 20.6 Å². The summed E-state index contributed by atoms with van der Waals surface area (Å²) in [5.41, 5.74) is 1.91. The molecule has 8 nitrogen and oxygen atoms in total. The van der Waals surface area contributed by atoms with Crippen molar-refractivity contribution in [1.82, 2.24) is 25.2 Å². The molecule has 0 bridgehead atoms. The normalized spacial score (nSPS) is 15.9. The Bertz CT molecular complexity index is 1220. The second-order valence-electron chi connectivity index (χ2n) is 9.18. The number of likely N-dealkylation sites (tertiary alicyclic amines) is 1. The number of aliphatic hydroxyl groups is 1. The summed E-state index contributed by atoms with van der Waals surface area (Å²) in [5, 5.41) is 16.2. The summed E-state index contributed by atoms with van der Waals surface area (Å²) < 4.78 is 14.5. The van der Waals surface area contributed by atoms with Crippen molar-refractivity contribution in [2.24, 2.45) is 0 Å². The van der Waals surface area contributed by atoms with Gasteiger partial charge >= 0.3 is 0 Å². The summed E-state index contributed by atoms with van der Waals surface area (Å²) in [6, 6.07) is 5.94. The zero-order chi connectivity index (χ0) is 25.7. The van der Waals surface area contributed by atoms with Gasteiger partial charge in [0.1, 0.15) is 11.6 Å². The Kier molecular flexibility index (Phi) is 8.45. The molecule has 1 aromatic carbocycles. The van der Waals surface area contributed by atoms with Gasteiger partial charge in [0.05, 0.1) is 22.9 Å². The van der Waals surface area contributed by atoms with Crippen LogP contribution in [0.15, 0.2) is 42.9 Å². The third kappa shape index (κ3) is 6.34. The van der Waals surface area contributed by atoms with E-state index in [2.05, 4.69) is 30.5 Å². The van der Waals surface area contributed by atoms with Crippen LogP contribution >= 0.6 is 11.6 Å². The predicted molar refractivity (Wildman–Crippen MR) is 138 cm³/mol. The van der Waals surface area contributed by atoms with Gasteiger partial charge in [-0.25, -0.2) is 14.4 Å². The van der Waals surface area contributed by atoms with Crippen molar-refractivity contribution in [2.75, 3.05) is 31.5 Å². The van der Waals surface area contributed by atoms with E-state index in [0.29, 0.717) is 35.2 Å². The molecule has 0 spiro atoms. The maximum absolute atomic E-state index is 14.5. The van der Waals surface area contributed by atoms with E-state index in [-0.39, 0.29) is 29.3 Å². The predicted octanol–water partition coefficient (Wildman–Crippen LogP) is 4.38. The molecule has 3 N–H and O–H groups in total. The minimum atomic E-state index is -0.477. The molecule has 0 radical (unpaired) electrons. The van der Waals surface area contributed by atoms with Crippen LogP contribution in [0.3, 0.4) is 0 Å². The lowest BCUT2D eigenvalue weighted by Gasteiger charge is -2.17. The number of hydrogen-bond acceptors (Lipinski definition) is 7. The number of halogens is 2. The second-order valence-corrected chi connectivity index (χ2v) is 9.61. The number of amides is 1. The second kappa shape index (κ2) is 11.7. The Morgan fingerprint density at radius 1 is 1.31 bits per heavy atom. The Hall–Kier alpha value is -3.14. The fraction of sp³-hybridized carbons (Fsp3) is 0.385. The Morgan fingerprint density at radius 2 is 2.14 bits per heavy atom. The number of pyridine rings is 1. The van der Waals surface area contributed by atoms with Crippen LogP contribution in [0, 0.1) is 5.82 Å². The third-order valence-corrected chi connectivity index (χ3v) is 6.35. The maximum Gasteiger partial charge on any atom is 0.254 e. The summed E-state index contributed by atoms with van der Waals surface area (Å²) in [4.78, 5) is 28.2. The largest absolute Gasteiger partial charge is 0.392 e. The molecule has 0 unspecified atom stereocenters. The van der Waals surface area contributed by atoms with Crippen LogP contribution in [-0.2, 0) is 0 Å². The van der Waals surface area contributed by atoms with Gasteiger partial charge in [0.15, 0.2) is 5.82 Å². The summed E-state index contributed by atoms with van der Waals surface area (Å²) >= 11 is 6.07. The lowest BCUT2D eigenvalue weighted by atomic mass is 10.1. The molecule has 10 heteroatoms. The lowest BCUT2D eigenvalue weighted by Crippen LogP contribution is -2.29. The molecule has 190 valence electrons. The SMILES string of the molecule is CC(C)c1cnc(-c2cc(Cl)ccc2F)nc1Nc1ccncc1C(=O)NCCCN1CC[C@@H](O)C1. The minimum Gasteiger partial charge on any atom is -0.392 e. The number of carbonyl (C=O) groups excluding carboxylic acids is 1. The Labute approximate surface area is 214 Å². The van der Waals surface area contributed by atoms with Crippen LogP contribution in [0.5, 0.6) is 0 Å². The number of aromatic nitrogens is 3. The number of nitrogens with one attached hydrogen (secondary N) is 2. The van der Waals surface area contributed by atoms with Gasteiger partial charge in [-0.15, -0.1) is 0 Å². The molecule has 4 rings (SSSR count).